The predicted molar refractivity (Wildman–Crippen MR) is 57.5 cm³/mol. The molecule has 20 heavy (non-hydrogen) atoms. The Kier molecular flexibility index (Phi) is 4.17. The lowest BCUT2D eigenvalue weighted by atomic mass is 10.2. The van der Waals surface area contributed by atoms with Crippen molar-refractivity contribution in [3.8, 4) is 18.1 Å². The van der Waals surface area contributed by atoms with Gasteiger partial charge in [-0.15, -0.1) is 6.42 Å². The third kappa shape index (κ3) is 3.34. The van der Waals surface area contributed by atoms with Gasteiger partial charge in [-0.2, -0.15) is 22.0 Å². The maximum Gasteiger partial charge on any atom is 0.456 e. The van der Waals surface area contributed by atoms with Gasteiger partial charge in [-0.1, -0.05) is 5.92 Å². The van der Waals surface area contributed by atoms with Crippen molar-refractivity contribution in [2.24, 2.45) is 0 Å². The Morgan fingerprint density at radius 1 is 1.30 bits per heavy atom. The predicted octanol–water partition coefficient (Wildman–Crippen LogP) is 3.15. The Hall–Kier alpha value is -2.37. The average molecular weight is 295 g/mol. The Bertz CT molecular complexity index is 562. The third-order valence-corrected chi connectivity index (χ3v) is 2.15. The van der Waals surface area contributed by atoms with Crippen LogP contribution in [0.15, 0.2) is 18.2 Å². The number of alkyl halides is 5. The van der Waals surface area contributed by atoms with E-state index in [1.54, 1.807) is 0 Å². The number of benzene rings is 1. The van der Waals surface area contributed by atoms with Crippen molar-refractivity contribution in [2.45, 2.75) is 12.1 Å². The summed E-state index contributed by atoms with van der Waals surface area (Å²) in [4.78, 5) is 9.66. The van der Waals surface area contributed by atoms with Crippen molar-refractivity contribution in [1.29, 1.82) is 0 Å². The van der Waals surface area contributed by atoms with Crippen molar-refractivity contribution >= 4 is 5.69 Å². The molecule has 0 unspecified atom stereocenters. The number of rotatable bonds is 4. The third-order valence-electron chi connectivity index (χ3n) is 2.15. The average Bonchev–Trinajstić information content (AvgIpc) is 2.34. The highest BCUT2D eigenvalue weighted by molar-refractivity contribution is 5.51. The normalized spacial score (nSPS) is 11.8. The smallest absolute Gasteiger partial charge is 0.456 e. The highest BCUT2D eigenvalue weighted by Gasteiger charge is 2.58. The summed E-state index contributed by atoms with van der Waals surface area (Å²) in [6.45, 7) is -1.97. The fourth-order valence-electron chi connectivity index (χ4n) is 1.12. The standard InChI is InChI=1S/C11H6F5NO3/c1-2-7-5-8(17(18)19)3-4-9(7)20-6-10(12,13)11(14,15)16/h1,3-5H,6H2. The molecule has 0 saturated heterocycles. The molecule has 1 rings (SSSR count). The van der Waals surface area contributed by atoms with E-state index in [0.717, 1.165) is 18.2 Å². The zero-order valence-electron chi connectivity index (χ0n) is 9.58. The molecule has 0 radical (unpaired) electrons. The molecule has 0 amide bonds. The van der Waals surface area contributed by atoms with Crippen molar-refractivity contribution in [1.82, 2.24) is 0 Å². The first-order valence-corrected chi connectivity index (χ1v) is 4.91. The summed E-state index contributed by atoms with van der Waals surface area (Å²) in [5, 5.41) is 10.5. The van der Waals surface area contributed by atoms with Crippen LogP contribution in [-0.4, -0.2) is 23.6 Å². The molecule has 0 aliphatic rings. The van der Waals surface area contributed by atoms with Gasteiger partial charge < -0.3 is 4.74 Å². The van der Waals surface area contributed by atoms with E-state index in [1.807, 2.05) is 5.92 Å². The molecule has 0 atom stereocenters. The van der Waals surface area contributed by atoms with Gasteiger partial charge in [-0.3, -0.25) is 10.1 Å². The number of non-ortho nitro benzene ring substituents is 1. The van der Waals surface area contributed by atoms with E-state index in [9.17, 15) is 32.1 Å². The van der Waals surface area contributed by atoms with E-state index < -0.39 is 35.1 Å². The summed E-state index contributed by atoms with van der Waals surface area (Å²) >= 11 is 0. The van der Waals surface area contributed by atoms with Crippen molar-refractivity contribution in [3.05, 3.63) is 33.9 Å². The minimum atomic E-state index is -5.76. The summed E-state index contributed by atoms with van der Waals surface area (Å²) in [6, 6.07) is 2.57. The highest BCUT2D eigenvalue weighted by Crippen LogP contribution is 2.36. The second kappa shape index (κ2) is 5.32. The maximum atomic E-state index is 12.6. The lowest BCUT2D eigenvalue weighted by molar-refractivity contribution is -0.384. The van der Waals surface area contributed by atoms with Crippen LogP contribution in [0.25, 0.3) is 0 Å². The molecule has 0 bridgehead atoms. The minimum absolute atomic E-state index is 0.294. The van der Waals surface area contributed by atoms with Gasteiger partial charge in [0.25, 0.3) is 5.69 Å². The molecule has 0 aliphatic carbocycles. The van der Waals surface area contributed by atoms with Crippen molar-refractivity contribution in [3.63, 3.8) is 0 Å². The molecule has 0 saturated carbocycles. The second-order valence-electron chi connectivity index (χ2n) is 3.57. The van der Waals surface area contributed by atoms with Gasteiger partial charge in [0, 0.05) is 12.1 Å². The first-order valence-electron chi connectivity index (χ1n) is 4.91. The van der Waals surface area contributed by atoms with Crippen LogP contribution in [-0.2, 0) is 0 Å². The van der Waals surface area contributed by atoms with Crippen molar-refractivity contribution < 1.29 is 31.6 Å². The Morgan fingerprint density at radius 2 is 1.90 bits per heavy atom. The number of hydrogen-bond donors (Lipinski definition) is 0. The molecular weight excluding hydrogens is 289 g/mol. The lowest BCUT2D eigenvalue weighted by Crippen LogP contribution is -2.41. The molecule has 1 aromatic rings. The summed E-state index contributed by atoms with van der Waals surface area (Å²) in [6.07, 6.45) is -0.777. The number of hydrogen-bond acceptors (Lipinski definition) is 3. The second-order valence-corrected chi connectivity index (χ2v) is 3.57. The van der Waals surface area contributed by atoms with Crippen LogP contribution in [0.2, 0.25) is 0 Å². The van der Waals surface area contributed by atoms with Crippen molar-refractivity contribution in [2.75, 3.05) is 6.61 Å². The highest BCUT2D eigenvalue weighted by atomic mass is 19.4. The summed E-state index contributed by atoms with van der Waals surface area (Å²) < 4.78 is 65.4. The first-order chi connectivity index (χ1) is 9.08. The molecule has 0 spiro atoms. The summed E-state index contributed by atoms with van der Waals surface area (Å²) in [7, 11) is 0. The van der Waals surface area contributed by atoms with Gasteiger partial charge in [0.1, 0.15) is 5.75 Å². The largest absolute Gasteiger partial charge is 0.486 e. The van der Waals surface area contributed by atoms with E-state index >= 15 is 0 Å². The van der Waals surface area contributed by atoms with Gasteiger partial charge >= 0.3 is 12.1 Å². The van der Waals surface area contributed by atoms with Crippen LogP contribution >= 0.6 is 0 Å². The molecule has 0 heterocycles. The topological polar surface area (TPSA) is 52.4 Å². The number of terminal acetylenes is 1. The van der Waals surface area contributed by atoms with Gasteiger partial charge in [0.15, 0.2) is 6.61 Å². The van der Waals surface area contributed by atoms with E-state index in [2.05, 4.69) is 4.74 Å². The fourth-order valence-corrected chi connectivity index (χ4v) is 1.12. The zero-order chi connectivity index (χ0) is 15.6. The van der Waals surface area contributed by atoms with E-state index in [1.165, 1.54) is 0 Å². The minimum Gasteiger partial charge on any atom is -0.486 e. The van der Waals surface area contributed by atoms with Gasteiger partial charge in [0.2, 0.25) is 0 Å². The summed E-state index contributed by atoms with van der Waals surface area (Å²) in [5.74, 6) is -3.62. The number of nitro benzene ring substituents is 1. The molecule has 1 aromatic carbocycles. The van der Waals surface area contributed by atoms with Crippen LogP contribution in [0.4, 0.5) is 27.6 Å². The van der Waals surface area contributed by atoms with Crippen LogP contribution in [0.1, 0.15) is 5.56 Å². The van der Waals surface area contributed by atoms with Crippen LogP contribution in [0.5, 0.6) is 5.75 Å². The molecule has 0 aliphatic heterocycles. The Labute approximate surface area is 109 Å². The lowest BCUT2D eigenvalue weighted by Gasteiger charge is -2.20. The molecule has 0 N–H and O–H groups in total. The fraction of sp³-hybridized carbons (Fsp3) is 0.273. The first kappa shape index (κ1) is 15.7. The number of ether oxygens (including phenoxy) is 1. The molecule has 4 nitrogen and oxygen atoms in total. The van der Waals surface area contributed by atoms with Crippen LogP contribution in [0, 0.1) is 22.5 Å². The maximum absolute atomic E-state index is 12.6. The molecular formula is C11H6F5NO3. The number of nitro groups is 1. The van der Waals surface area contributed by atoms with Gasteiger partial charge in [-0.05, 0) is 6.07 Å². The van der Waals surface area contributed by atoms with E-state index in [4.69, 9.17) is 6.42 Å². The van der Waals surface area contributed by atoms with E-state index in [-0.39, 0.29) is 5.56 Å². The van der Waals surface area contributed by atoms with Gasteiger partial charge in [-0.25, -0.2) is 0 Å². The van der Waals surface area contributed by atoms with Gasteiger partial charge in [0.05, 0.1) is 10.5 Å². The molecule has 0 aromatic heterocycles. The molecule has 108 valence electrons. The van der Waals surface area contributed by atoms with Crippen LogP contribution in [0.3, 0.4) is 0 Å². The van der Waals surface area contributed by atoms with E-state index in [0.29, 0.717) is 0 Å². The monoisotopic (exact) mass is 295 g/mol. The van der Waals surface area contributed by atoms with Crippen LogP contribution < -0.4 is 4.74 Å². The number of halogens is 5. The summed E-state index contributed by atoms with van der Waals surface area (Å²) in [5.41, 5.74) is -0.731. The number of nitrogens with zero attached hydrogens (tertiary/aromatic N) is 1. The SMILES string of the molecule is C#Cc1cc([N+](=O)[O-])ccc1OCC(F)(F)C(F)(F)F. The quantitative estimate of drug-likeness (QED) is 0.371. The Balaban J connectivity index is 2.95. The zero-order valence-corrected chi connectivity index (χ0v) is 9.58. The Morgan fingerprint density at radius 3 is 2.35 bits per heavy atom. The molecule has 0 fully saturated rings. The molecule has 9 heteroatoms.